The molecule has 0 radical (unpaired) electrons. The second-order valence-corrected chi connectivity index (χ2v) is 6.12. The van der Waals surface area contributed by atoms with Crippen molar-refractivity contribution in [2.24, 2.45) is 0 Å². The molecule has 1 aliphatic heterocycles. The van der Waals surface area contributed by atoms with Gasteiger partial charge in [0.25, 0.3) is 0 Å². The van der Waals surface area contributed by atoms with E-state index < -0.39 is 0 Å². The van der Waals surface area contributed by atoms with Crippen molar-refractivity contribution in [3.05, 3.63) is 8.84 Å². The van der Waals surface area contributed by atoms with Crippen molar-refractivity contribution in [1.29, 1.82) is 0 Å². The Hall–Kier alpha value is 0.250. The fourth-order valence-electron chi connectivity index (χ4n) is 1.78. The van der Waals surface area contributed by atoms with Crippen LogP contribution in [0.15, 0.2) is 0 Å². The molecule has 0 amide bonds. The van der Waals surface area contributed by atoms with Crippen LogP contribution in [-0.4, -0.2) is 33.9 Å². The lowest BCUT2D eigenvalue weighted by Crippen LogP contribution is -2.31. The van der Waals surface area contributed by atoms with Gasteiger partial charge in [-0.15, -0.1) is 0 Å². The van der Waals surface area contributed by atoms with Crippen LogP contribution in [0.25, 0.3) is 0 Å². The van der Waals surface area contributed by atoms with E-state index in [4.69, 9.17) is 0 Å². The number of aromatic nitrogens is 2. The van der Waals surface area contributed by atoms with E-state index in [9.17, 15) is 0 Å². The van der Waals surface area contributed by atoms with Crippen molar-refractivity contribution >= 4 is 34.1 Å². The molecular weight excluding hydrogens is 309 g/mol. The summed E-state index contributed by atoms with van der Waals surface area (Å²) in [7, 11) is 0. The molecule has 14 heavy (non-hydrogen) atoms. The molecular formula is C9H14IN3S. The molecule has 1 aliphatic rings. The third-order valence-corrected chi connectivity index (χ3v) is 3.92. The zero-order chi connectivity index (χ0) is 9.80. The lowest BCUT2D eigenvalue weighted by atomic mass is 10.1. The van der Waals surface area contributed by atoms with Crippen LogP contribution in [0.1, 0.15) is 25.1 Å². The number of nitrogens with zero attached hydrogens (tertiary/aromatic N) is 3. The van der Waals surface area contributed by atoms with Crippen LogP contribution in [0.3, 0.4) is 0 Å². The van der Waals surface area contributed by atoms with Gasteiger partial charge in [-0.05, 0) is 60.1 Å². The first-order chi connectivity index (χ1) is 6.84. The molecule has 0 N–H and O–H groups in total. The Bertz CT molecular complexity index is 283. The molecule has 1 aromatic heterocycles. The molecule has 0 atom stereocenters. The standard InChI is InChI=1S/C9H14IN3S/c10-9-11-8(12-14-9)4-7-13-5-2-1-3-6-13/h1-7H2. The zero-order valence-corrected chi connectivity index (χ0v) is 11.1. The topological polar surface area (TPSA) is 29.0 Å². The number of likely N-dealkylation sites (tertiary alicyclic amines) is 1. The Morgan fingerprint density at radius 2 is 2.07 bits per heavy atom. The van der Waals surface area contributed by atoms with Gasteiger partial charge in [-0.1, -0.05) is 6.42 Å². The first kappa shape index (κ1) is 10.8. The second kappa shape index (κ2) is 5.37. The molecule has 0 saturated carbocycles. The van der Waals surface area contributed by atoms with E-state index in [1.54, 1.807) is 0 Å². The normalized spacial score (nSPS) is 18.6. The average molecular weight is 323 g/mol. The SMILES string of the molecule is Ic1nc(CCN2CCCCC2)ns1. The number of halogens is 1. The Balaban J connectivity index is 1.76. The van der Waals surface area contributed by atoms with Crippen LogP contribution in [0, 0.1) is 3.01 Å². The van der Waals surface area contributed by atoms with E-state index in [2.05, 4.69) is 36.8 Å². The number of hydrogen-bond acceptors (Lipinski definition) is 4. The molecule has 2 rings (SSSR count). The lowest BCUT2D eigenvalue weighted by Gasteiger charge is -2.25. The van der Waals surface area contributed by atoms with E-state index in [-0.39, 0.29) is 0 Å². The molecule has 0 spiro atoms. The van der Waals surface area contributed by atoms with Gasteiger partial charge < -0.3 is 4.90 Å². The van der Waals surface area contributed by atoms with Gasteiger partial charge in [-0.3, -0.25) is 0 Å². The number of hydrogen-bond donors (Lipinski definition) is 0. The molecule has 78 valence electrons. The quantitative estimate of drug-likeness (QED) is 0.799. The van der Waals surface area contributed by atoms with Crippen LogP contribution in [0.2, 0.25) is 0 Å². The summed E-state index contributed by atoms with van der Waals surface area (Å²) in [4.78, 5) is 6.89. The van der Waals surface area contributed by atoms with Crippen molar-refractivity contribution in [3.63, 3.8) is 0 Å². The largest absolute Gasteiger partial charge is 0.303 e. The van der Waals surface area contributed by atoms with E-state index in [1.165, 1.54) is 43.9 Å². The zero-order valence-electron chi connectivity index (χ0n) is 8.08. The van der Waals surface area contributed by atoms with Crippen LogP contribution >= 0.6 is 34.1 Å². The van der Waals surface area contributed by atoms with Crippen LogP contribution in [0.5, 0.6) is 0 Å². The first-order valence-corrected chi connectivity index (χ1v) is 6.90. The van der Waals surface area contributed by atoms with Gasteiger partial charge in [0.15, 0.2) is 3.01 Å². The Kier molecular flexibility index (Phi) is 4.12. The van der Waals surface area contributed by atoms with Gasteiger partial charge in [-0.2, -0.15) is 4.37 Å². The van der Waals surface area contributed by atoms with Crippen LogP contribution in [0.4, 0.5) is 0 Å². The molecule has 0 aromatic carbocycles. The highest BCUT2D eigenvalue weighted by atomic mass is 127. The summed E-state index contributed by atoms with van der Waals surface area (Å²) in [5, 5.41) is 0. The van der Waals surface area contributed by atoms with Gasteiger partial charge in [0.05, 0.1) is 0 Å². The minimum atomic E-state index is 1.01. The summed E-state index contributed by atoms with van der Waals surface area (Å²) in [6, 6.07) is 0. The lowest BCUT2D eigenvalue weighted by molar-refractivity contribution is 0.230. The fourth-order valence-corrected chi connectivity index (χ4v) is 2.81. The van der Waals surface area contributed by atoms with Crippen LogP contribution < -0.4 is 0 Å². The molecule has 0 aliphatic carbocycles. The summed E-state index contributed by atoms with van der Waals surface area (Å²) in [5.74, 6) is 1.02. The predicted octanol–water partition coefficient (Wildman–Crippen LogP) is 2.17. The van der Waals surface area contributed by atoms with Gasteiger partial charge in [0.2, 0.25) is 0 Å². The van der Waals surface area contributed by atoms with Crippen molar-refractivity contribution in [2.45, 2.75) is 25.7 Å². The summed E-state index contributed by atoms with van der Waals surface area (Å²) >= 11 is 3.72. The summed E-state index contributed by atoms with van der Waals surface area (Å²) < 4.78 is 5.35. The van der Waals surface area contributed by atoms with Crippen molar-refractivity contribution in [2.75, 3.05) is 19.6 Å². The van der Waals surface area contributed by atoms with E-state index in [0.29, 0.717) is 0 Å². The molecule has 2 heterocycles. The minimum Gasteiger partial charge on any atom is -0.303 e. The number of piperidine rings is 1. The second-order valence-electron chi connectivity index (χ2n) is 3.62. The molecule has 3 nitrogen and oxygen atoms in total. The van der Waals surface area contributed by atoms with Crippen molar-refractivity contribution in [3.8, 4) is 0 Å². The summed E-state index contributed by atoms with van der Waals surface area (Å²) in [6.07, 6.45) is 5.15. The highest BCUT2D eigenvalue weighted by Crippen LogP contribution is 2.11. The minimum absolute atomic E-state index is 1.01. The smallest absolute Gasteiger partial charge is 0.173 e. The molecule has 0 unspecified atom stereocenters. The predicted molar refractivity (Wildman–Crippen MR) is 66.6 cm³/mol. The van der Waals surface area contributed by atoms with Gasteiger partial charge in [0.1, 0.15) is 5.82 Å². The number of rotatable bonds is 3. The fraction of sp³-hybridized carbons (Fsp3) is 0.778. The summed E-state index contributed by atoms with van der Waals surface area (Å²) in [6.45, 7) is 3.66. The maximum atomic E-state index is 4.36. The van der Waals surface area contributed by atoms with Gasteiger partial charge in [0, 0.05) is 13.0 Å². The highest BCUT2D eigenvalue weighted by molar-refractivity contribution is 14.1. The van der Waals surface area contributed by atoms with E-state index in [0.717, 1.165) is 21.8 Å². The Labute approximate surface area is 102 Å². The Morgan fingerprint density at radius 1 is 1.29 bits per heavy atom. The van der Waals surface area contributed by atoms with Crippen molar-refractivity contribution in [1.82, 2.24) is 14.3 Å². The maximum absolute atomic E-state index is 4.36. The summed E-state index contributed by atoms with van der Waals surface area (Å²) in [5.41, 5.74) is 0. The maximum Gasteiger partial charge on any atom is 0.173 e. The van der Waals surface area contributed by atoms with Gasteiger partial charge >= 0.3 is 0 Å². The molecule has 1 fully saturated rings. The highest BCUT2D eigenvalue weighted by Gasteiger charge is 2.10. The first-order valence-electron chi connectivity index (χ1n) is 5.05. The Morgan fingerprint density at radius 3 is 2.71 bits per heavy atom. The molecule has 5 heteroatoms. The monoisotopic (exact) mass is 323 g/mol. The van der Waals surface area contributed by atoms with Crippen LogP contribution in [-0.2, 0) is 6.42 Å². The molecule has 1 saturated heterocycles. The molecule has 1 aromatic rings. The van der Waals surface area contributed by atoms with Crippen molar-refractivity contribution < 1.29 is 0 Å². The third-order valence-electron chi connectivity index (χ3n) is 2.54. The van der Waals surface area contributed by atoms with E-state index in [1.807, 2.05) is 0 Å². The van der Waals surface area contributed by atoms with Gasteiger partial charge in [-0.25, -0.2) is 4.98 Å². The molecule has 0 bridgehead atoms. The van der Waals surface area contributed by atoms with E-state index >= 15 is 0 Å². The third kappa shape index (κ3) is 3.13. The average Bonchev–Trinajstić information content (AvgIpc) is 2.63.